The van der Waals surface area contributed by atoms with Crippen molar-refractivity contribution in [2.75, 3.05) is 26.7 Å². The number of hydrogen-bond donors (Lipinski definition) is 3. The van der Waals surface area contributed by atoms with E-state index in [1.54, 1.807) is 7.11 Å². The maximum atomic E-state index is 14.1. The van der Waals surface area contributed by atoms with Crippen LogP contribution in [0.25, 0.3) is 0 Å². The van der Waals surface area contributed by atoms with Crippen molar-refractivity contribution in [3.8, 4) is 5.75 Å². The molecule has 1 heterocycles. The first-order valence-electron chi connectivity index (χ1n) is 16.3. The Kier molecular flexibility index (Phi) is 12.8. The van der Waals surface area contributed by atoms with Gasteiger partial charge in [0.05, 0.1) is 24.8 Å². The van der Waals surface area contributed by atoms with E-state index in [9.17, 15) is 27.1 Å². The predicted molar refractivity (Wildman–Crippen MR) is 177 cm³/mol. The summed E-state index contributed by atoms with van der Waals surface area (Å²) in [5.74, 6) is -1.50. The molecule has 12 heteroatoms. The lowest BCUT2D eigenvalue weighted by Crippen LogP contribution is -2.53. The number of amides is 1. The van der Waals surface area contributed by atoms with Crippen LogP contribution in [-0.4, -0.2) is 67.6 Å². The fourth-order valence-electron chi connectivity index (χ4n) is 6.29. The van der Waals surface area contributed by atoms with Gasteiger partial charge in [0.1, 0.15) is 22.3 Å². The number of nitrogens with zero attached hydrogens (tertiary/aromatic N) is 2. The minimum absolute atomic E-state index is 0.0188. The van der Waals surface area contributed by atoms with Gasteiger partial charge < -0.3 is 20.5 Å². The van der Waals surface area contributed by atoms with E-state index in [-0.39, 0.29) is 29.0 Å². The van der Waals surface area contributed by atoms with Gasteiger partial charge in [0.25, 0.3) is 5.91 Å². The van der Waals surface area contributed by atoms with Crippen LogP contribution in [0, 0.1) is 11.6 Å². The summed E-state index contributed by atoms with van der Waals surface area (Å²) in [6.07, 6.45) is 7.18. The summed E-state index contributed by atoms with van der Waals surface area (Å²) in [6.45, 7) is 4.50. The molecular weight excluding hydrogens is 626 g/mol. The van der Waals surface area contributed by atoms with E-state index in [1.165, 1.54) is 22.8 Å². The molecule has 1 aromatic heterocycles. The van der Waals surface area contributed by atoms with Crippen LogP contribution in [-0.2, 0) is 22.0 Å². The van der Waals surface area contributed by atoms with Gasteiger partial charge in [-0.15, -0.1) is 0 Å². The number of benzene rings is 2. The Bertz CT molecular complexity index is 1570. The van der Waals surface area contributed by atoms with Crippen LogP contribution in [0.1, 0.15) is 80.3 Å². The second-order valence-electron chi connectivity index (χ2n) is 12.2. The van der Waals surface area contributed by atoms with Gasteiger partial charge in [-0.05, 0) is 73.6 Å². The molecule has 256 valence electrons. The summed E-state index contributed by atoms with van der Waals surface area (Å²) in [5.41, 5.74) is 0.815. The molecule has 0 saturated heterocycles. The molecule has 2 atom stereocenters. The number of hydrogen-bond acceptors (Lipinski definition) is 7. The highest BCUT2D eigenvalue weighted by atomic mass is 32.2. The summed E-state index contributed by atoms with van der Waals surface area (Å²) in [6, 6.07) is 11.2. The van der Waals surface area contributed by atoms with E-state index in [0.717, 1.165) is 61.6 Å². The highest BCUT2D eigenvalue weighted by Gasteiger charge is 2.35. The van der Waals surface area contributed by atoms with Gasteiger partial charge in [-0.25, -0.2) is 17.2 Å². The van der Waals surface area contributed by atoms with Crippen LogP contribution in [0.3, 0.4) is 0 Å². The Morgan fingerprint density at radius 1 is 1.02 bits per heavy atom. The van der Waals surface area contributed by atoms with Crippen molar-refractivity contribution in [3.63, 3.8) is 0 Å². The zero-order valence-electron chi connectivity index (χ0n) is 27.3. The third-order valence-corrected chi connectivity index (χ3v) is 10.6. The number of carbonyl (C=O) groups excluding carboxylic acids is 1. The average Bonchev–Trinajstić information content (AvgIpc) is 3.06. The number of aliphatic hydroxyl groups excluding tert-OH is 1. The monoisotopic (exact) mass is 672 g/mol. The smallest absolute Gasteiger partial charge is 0.253 e. The van der Waals surface area contributed by atoms with Gasteiger partial charge in [-0.2, -0.15) is 4.31 Å². The number of rotatable bonds is 16. The molecule has 1 aliphatic rings. The molecule has 0 bridgehead atoms. The molecule has 3 aromatic rings. The standard InChI is InChI=1S/C35H46F2N4O5S/c1-4-14-41(15-5-2)47(44,45)31-19-26(22-38-23-31)34(43)40-32(18-25-16-28(36)21-29(37)17-25)33(42)24-39-35(12-7-6-8-13-35)27-10-9-11-30(20-27)46-3/h9-11,16-17,19-23,32-33,39,42H,4-8,12-15,18,24H2,1-3H3,(H,40,43)/t32-,33+/m0/s1. The van der Waals surface area contributed by atoms with Crippen molar-refractivity contribution in [3.05, 3.63) is 89.2 Å². The largest absolute Gasteiger partial charge is 0.497 e. The van der Waals surface area contributed by atoms with E-state index in [4.69, 9.17) is 4.74 Å². The summed E-state index contributed by atoms with van der Waals surface area (Å²) >= 11 is 0. The van der Waals surface area contributed by atoms with Crippen LogP contribution in [0.15, 0.2) is 65.8 Å². The van der Waals surface area contributed by atoms with E-state index in [0.29, 0.717) is 25.9 Å². The Morgan fingerprint density at radius 2 is 1.70 bits per heavy atom. The summed E-state index contributed by atoms with van der Waals surface area (Å²) in [5, 5.41) is 17.9. The highest BCUT2D eigenvalue weighted by molar-refractivity contribution is 7.89. The number of aromatic nitrogens is 1. The zero-order chi connectivity index (χ0) is 34.0. The molecule has 0 aliphatic heterocycles. The number of pyridine rings is 1. The number of ether oxygens (including phenoxy) is 1. The van der Waals surface area contributed by atoms with Crippen molar-refractivity contribution in [2.45, 2.75) is 87.8 Å². The van der Waals surface area contributed by atoms with Crippen molar-refractivity contribution in [1.29, 1.82) is 0 Å². The van der Waals surface area contributed by atoms with Gasteiger partial charge in [-0.3, -0.25) is 9.78 Å². The molecule has 0 spiro atoms. The number of methoxy groups -OCH3 is 1. The van der Waals surface area contributed by atoms with Gasteiger partial charge in [0.15, 0.2) is 0 Å². The van der Waals surface area contributed by atoms with Gasteiger partial charge in [0.2, 0.25) is 10.0 Å². The molecule has 3 N–H and O–H groups in total. The molecule has 47 heavy (non-hydrogen) atoms. The second kappa shape index (κ2) is 16.6. The fraction of sp³-hybridized carbons (Fsp3) is 0.486. The van der Waals surface area contributed by atoms with Gasteiger partial charge in [-0.1, -0.05) is 45.2 Å². The lowest BCUT2D eigenvalue weighted by Gasteiger charge is -2.40. The number of sulfonamides is 1. The van der Waals surface area contributed by atoms with Crippen molar-refractivity contribution in [2.24, 2.45) is 0 Å². The number of carbonyl (C=O) groups is 1. The van der Waals surface area contributed by atoms with Crippen LogP contribution < -0.4 is 15.4 Å². The minimum atomic E-state index is -3.90. The lowest BCUT2D eigenvalue weighted by atomic mass is 9.76. The SMILES string of the molecule is CCCN(CCC)S(=O)(=O)c1cncc(C(=O)N[C@@H](Cc2cc(F)cc(F)c2)[C@H](O)CNC2(c3cccc(OC)c3)CCCCC2)c1. The summed E-state index contributed by atoms with van der Waals surface area (Å²) < 4.78 is 61.9. The van der Waals surface area contributed by atoms with E-state index in [1.807, 2.05) is 38.1 Å². The van der Waals surface area contributed by atoms with Gasteiger partial charge in [0, 0.05) is 43.6 Å². The summed E-state index contributed by atoms with van der Waals surface area (Å²) in [4.78, 5) is 17.5. The number of halogens is 2. The first kappa shape index (κ1) is 36.4. The minimum Gasteiger partial charge on any atom is -0.497 e. The Morgan fingerprint density at radius 3 is 2.34 bits per heavy atom. The highest BCUT2D eigenvalue weighted by Crippen LogP contribution is 2.38. The molecule has 0 unspecified atom stereocenters. The van der Waals surface area contributed by atoms with E-state index < -0.39 is 45.2 Å². The maximum absolute atomic E-state index is 14.1. The topological polar surface area (TPSA) is 121 Å². The number of nitrogens with one attached hydrogen (secondary N) is 2. The van der Waals surface area contributed by atoms with Gasteiger partial charge >= 0.3 is 0 Å². The molecule has 9 nitrogen and oxygen atoms in total. The average molecular weight is 673 g/mol. The van der Waals surface area contributed by atoms with Crippen LogP contribution >= 0.6 is 0 Å². The molecule has 1 aliphatic carbocycles. The molecule has 0 radical (unpaired) electrons. The third kappa shape index (κ3) is 9.34. The molecule has 1 fully saturated rings. The molecule has 1 saturated carbocycles. The second-order valence-corrected chi connectivity index (χ2v) is 14.1. The maximum Gasteiger partial charge on any atom is 0.253 e. The van der Waals surface area contributed by atoms with Crippen molar-refractivity contribution in [1.82, 2.24) is 19.9 Å². The zero-order valence-corrected chi connectivity index (χ0v) is 28.2. The molecule has 2 aromatic carbocycles. The third-order valence-electron chi connectivity index (χ3n) is 8.70. The Balaban J connectivity index is 1.60. The summed E-state index contributed by atoms with van der Waals surface area (Å²) in [7, 11) is -2.29. The van der Waals surface area contributed by atoms with E-state index >= 15 is 0 Å². The molecule has 4 rings (SSSR count). The molecular formula is C35H46F2N4O5S. The quantitative estimate of drug-likeness (QED) is 0.188. The van der Waals surface area contributed by atoms with E-state index in [2.05, 4.69) is 15.6 Å². The van der Waals surface area contributed by atoms with Crippen molar-refractivity contribution >= 4 is 15.9 Å². The van der Waals surface area contributed by atoms with Crippen LogP contribution in [0.4, 0.5) is 8.78 Å². The van der Waals surface area contributed by atoms with Crippen molar-refractivity contribution < 1.29 is 31.8 Å². The first-order chi connectivity index (χ1) is 22.5. The Labute approximate surface area is 276 Å². The number of aliphatic hydroxyl groups is 1. The molecule has 1 amide bonds. The first-order valence-corrected chi connectivity index (χ1v) is 17.7. The fourth-order valence-corrected chi connectivity index (χ4v) is 7.90. The predicted octanol–water partition coefficient (Wildman–Crippen LogP) is 5.33. The normalized spacial score (nSPS) is 16.1. The lowest BCUT2D eigenvalue weighted by molar-refractivity contribution is 0.0788. The Hall–Kier alpha value is -3.45. The van der Waals surface area contributed by atoms with Crippen LogP contribution in [0.5, 0.6) is 5.75 Å². The van der Waals surface area contributed by atoms with Crippen LogP contribution in [0.2, 0.25) is 0 Å².